The van der Waals surface area contributed by atoms with E-state index < -0.39 is 10.0 Å². The molecule has 0 radical (unpaired) electrons. The van der Waals surface area contributed by atoms with Crippen LogP contribution in [0, 0.1) is 12.8 Å². The zero-order valence-electron chi connectivity index (χ0n) is 19.9. The zero-order valence-corrected chi connectivity index (χ0v) is 21.5. The van der Waals surface area contributed by atoms with Crippen molar-refractivity contribution >= 4 is 27.5 Å². The lowest BCUT2D eigenvalue weighted by Crippen LogP contribution is -2.43. The monoisotopic (exact) mass is 492 g/mol. The highest BCUT2D eigenvalue weighted by Crippen LogP contribution is 2.32. The Balaban J connectivity index is 1.65. The Morgan fingerprint density at radius 1 is 1.09 bits per heavy atom. The Morgan fingerprint density at radius 3 is 2.24 bits per heavy atom. The summed E-state index contributed by atoms with van der Waals surface area (Å²) in [6.07, 6.45) is 0.981. The van der Waals surface area contributed by atoms with E-state index in [1.165, 1.54) is 16.4 Å². The third-order valence-electron chi connectivity index (χ3n) is 6.34. The maximum atomic E-state index is 13.0. The van der Waals surface area contributed by atoms with Gasteiger partial charge >= 0.3 is 0 Å². The van der Waals surface area contributed by atoms with E-state index in [9.17, 15) is 13.2 Å². The maximum absolute atomic E-state index is 13.0. The Hall–Kier alpha value is -2.09. The fraction of sp³-hybridized carbons (Fsp3) is 0.480. The van der Waals surface area contributed by atoms with Crippen molar-refractivity contribution in [3.8, 4) is 5.75 Å². The molecule has 2 aromatic rings. The van der Waals surface area contributed by atoms with Gasteiger partial charge in [0.25, 0.3) is 0 Å². The van der Waals surface area contributed by atoms with Crippen molar-refractivity contribution < 1.29 is 17.9 Å². The number of carbonyl (C=O) groups is 1. The van der Waals surface area contributed by atoms with Gasteiger partial charge in [-0.25, -0.2) is 8.42 Å². The number of halogens is 1. The lowest BCUT2D eigenvalue weighted by atomic mass is 9.92. The quantitative estimate of drug-likeness (QED) is 0.586. The van der Waals surface area contributed by atoms with Crippen LogP contribution in [0.1, 0.15) is 62.3 Å². The molecule has 1 N–H and O–H groups in total. The normalized spacial score (nSPS) is 16.6. The molecule has 0 aliphatic carbocycles. The first-order valence-electron chi connectivity index (χ1n) is 11.3. The second-order valence-electron chi connectivity index (χ2n) is 8.97. The number of amides is 1. The molecule has 6 nitrogen and oxygen atoms in total. The van der Waals surface area contributed by atoms with Crippen molar-refractivity contribution in [2.75, 3.05) is 20.2 Å². The van der Waals surface area contributed by atoms with Gasteiger partial charge < -0.3 is 10.1 Å². The van der Waals surface area contributed by atoms with Gasteiger partial charge in [-0.3, -0.25) is 4.79 Å². The Bertz CT molecular complexity index is 1090. The van der Waals surface area contributed by atoms with Crippen LogP contribution in [0.4, 0.5) is 0 Å². The van der Waals surface area contributed by atoms with Gasteiger partial charge in [0.15, 0.2) is 0 Å². The van der Waals surface area contributed by atoms with Crippen molar-refractivity contribution in [2.24, 2.45) is 5.92 Å². The number of rotatable bonds is 7. The summed E-state index contributed by atoms with van der Waals surface area (Å²) in [7, 11) is -1.92. The molecule has 180 valence electrons. The van der Waals surface area contributed by atoms with Crippen LogP contribution in [0.3, 0.4) is 0 Å². The second kappa shape index (κ2) is 10.5. The fourth-order valence-electron chi connectivity index (χ4n) is 4.33. The van der Waals surface area contributed by atoms with Gasteiger partial charge in [0.1, 0.15) is 5.75 Å². The van der Waals surface area contributed by atoms with Crippen LogP contribution in [0.2, 0.25) is 5.02 Å². The smallest absolute Gasteiger partial charge is 0.243 e. The summed E-state index contributed by atoms with van der Waals surface area (Å²) in [6.45, 7) is 8.87. The maximum Gasteiger partial charge on any atom is 0.243 e. The molecule has 0 spiro atoms. The molecule has 0 aromatic heterocycles. The van der Waals surface area contributed by atoms with Crippen molar-refractivity contribution in [1.29, 1.82) is 0 Å². The van der Waals surface area contributed by atoms with Crippen LogP contribution in [0.25, 0.3) is 0 Å². The lowest BCUT2D eigenvalue weighted by Gasteiger charge is -2.31. The van der Waals surface area contributed by atoms with Crippen molar-refractivity contribution in [3.63, 3.8) is 0 Å². The fourth-order valence-corrected chi connectivity index (χ4v) is 5.93. The average Bonchev–Trinajstić information content (AvgIpc) is 2.78. The van der Waals surface area contributed by atoms with Gasteiger partial charge in [0, 0.05) is 24.0 Å². The number of methoxy groups -OCH3 is 1. The molecule has 0 bridgehead atoms. The molecule has 2 aromatic carbocycles. The largest absolute Gasteiger partial charge is 0.496 e. The summed E-state index contributed by atoms with van der Waals surface area (Å²) in [4.78, 5) is 13.2. The summed E-state index contributed by atoms with van der Waals surface area (Å²) >= 11 is 5.88. The molecule has 1 fully saturated rings. The molecule has 3 rings (SSSR count). The van der Waals surface area contributed by atoms with E-state index in [2.05, 4.69) is 25.2 Å². The van der Waals surface area contributed by atoms with E-state index in [0.717, 1.165) is 22.4 Å². The molecule has 1 amide bonds. The lowest BCUT2D eigenvalue weighted by molar-refractivity contribution is -0.126. The van der Waals surface area contributed by atoms with E-state index in [0.29, 0.717) is 36.9 Å². The predicted molar refractivity (Wildman–Crippen MR) is 131 cm³/mol. The van der Waals surface area contributed by atoms with Gasteiger partial charge in [0.05, 0.1) is 18.0 Å². The molecule has 1 aliphatic heterocycles. The Morgan fingerprint density at radius 2 is 1.70 bits per heavy atom. The van der Waals surface area contributed by atoms with Crippen LogP contribution in [0.15, 0.2) is 41.3 Å². The average molecular weight is 493 g/mol. The first-order valence-corrected chi connectivity index (χ1v) is 13.1. The second-order valence-corrected chi connectivity index (χ2v) is 11.3. The van der Waals surface area contributed by atoms with Crippen molar-refractivity contribution in [2.45, 2.75) is 57.4 Å². The minimum Gasteiger partial charge on any atom is -0.496 e. The highest BCUT2D eigenvalue weighted by atomic mass is 35.5. The highest BCUT2D eigenvalue weighted by Gasteiger charge is 2.32. The molecule has 33 heavy (non-hydrogen) atoms. The summed E-state index contributed by atoms with van der Waals surface area (Å²) in [5.74, 6) is 0.910. The SMILES string of the molecule is COc1cc(C)c([C@@H](C)NC(=O)C2CCN(S(=O)(=O)c3ccc(Cl)cc3)CC2)cc1C(C)C. The number of carbonyl (C=O) groups excluding carboxylic acids is 1. The summed E-state index contributed by atoms with van der Waals surface area (Å²) in [5.41, 5.74) is 3.24. The predicted octanol–water partition coefficient (Wildman–Crippen LogP) is 5.06. The third-order valence-corrected chi connectivity index (χ3v) is 8.51. The van der Waals surface area contributed by atoms with Crippen LogP contribution in [-0.2, 0) is 14.8 Å². The molecular weight excluding hydrogens is 460 g/mol. The molecule has 1 heterocycles. The number of hydrogen-bond acceptors (Lipinski definition) is 4. The van der Waals surface area contributed by atoms with Crippen molar-refractivity contribution in [3.05, 3.63) is 58.1 Å². The number of sulfonamides is 1. The van der Waals surface area contributed by atoms with Gasteiger partial charge in [-0.05, 0) is 85.7 Å². The van der Waals surface area contributed by atoms with Crippen LogP contribution >= 0.6 is 11.6 Å². The molecular formula is C25H33ClN2O4S. The summed E-state index contributed by atoms with van der Waals surface area (Å²) in [6, 6.07) is 10.2. The first-order chi connectivity index (χ1) is 15.5. The number of aryl methyl sites for hydroxylation is 1. The minimum atomic E-state index is -3.59. The van der Waals surface area contributed by atoms with E-state index >= 15 is 0 Å². The Labute approximate surface area is 202 Å². The van der Waals surface area contributed by atoms with Crippen LogP contribution < -0.4 is 10.1 Å². The zero-order chi connectivity index (χ0) is 24.3. The number of nitrogens with one attached hydrogen (secondary N) is 1. The van der Waals surface area contributed by atoms with Crippen LogP contribution in [-0.4, -0.2) is 38.8 Å². The number of ether oxygens (including phenoxy) is 1. The van der Waals surface area contributed by atoms with Crippen LogP contribution in [0.5, 0.6) is 5.75 Å². The molecule has 1 atom stereocenters. The number of nitrogens with zero attached hydrogens (tertiary/aromatic N) is 1. The Kier molecular flexibility index (Phi) is 8.08. The summed E-state index contributed by atoms with van der Waals surface area (Å²) < 4.78 is 32.7. The third kappa shape index (κ3) is 5.70. The molecule has 0 unspecified atom stereocenters. The molecule has 1 aliphatic rings. The molecule has 1 saturated heterocycles. The molecule has 8 heteroatoms. The summed E-state index contributed by atoms with van der Waals surface area (Å²) in [5, 5.41) is 3.63. The van der Waals surface area contributed by atoms with Gasteiger partial charge in [0.2, 0.25) is 15.9 Å². The topological polar surface area (TPSA) is 75.7 Å². The van der Waals surface area contributed by atoms with E-state index in [1.54, 1.807) is 19.2 Å². The van der Waals surface area contributed by atoms with E-state index in [4.69, 9.17) is 16.3 Å². The van der Waals surface area contributed by atoms with Gasteiger partial charge in [-0.15, -0.1) is 0 Å². The number of piperidine rings is 1. The van der Waals surface area contributed by atoms with Crippen molar-refractivity contribution in [1.82, 2.24) is 9.62 Å². The minimum absolute atomic E-state index is 0.0349. The van der Waals surface area contributed by atoms with E-state index in [1.807, 2.05) is 19.9 Å². The number of benzene rings is 2. The molecule has 0 saturated carbocycles. The first kappa shape index (κ1) is 25.5. The highest BCUT2D eigenvalue weighted by molar-refractivity contribution is 7.89. The van der Waals surface area contributed by atoms with Gasteiger partial charge in [-0.1, -0.05) is 25.4 Å². The standard InChI is InChI=1S/C25H33ClN2O4S/c1-16(2)22-15-23(17(3)14-24(22)32-5)18(4)27-25(29)19-10-12-28(13-11-19)33(30,31)21-8-6-20(26)7-9-21/h6-9,14-16,18-19H,10-13H2,1-5H3,(H,27,29)/t18-/m1/s1. The van der Waals surface area contributed by atoms with Gasteiger partial charge in [-0.2, -0.15) is 4.31 Å². The van der Waals surface area contributed by atoms with E-state index in [-0.39, 0.29) is 22.8 Å². The number of hydrogen-bond donors (Lipinski definition) is 1.